The summed E-state index contributed by atoms with van der Waals surface area (Å²) in [7, 11) is 4.34. The van der Waals surface area contributed by atoms with Crippen molar-refractivity contribution in [1.29, 1.82) is 0 Å². The van der Waals surface area contributed by atoms with E-state index in [2.05, 4.69) is 77.8 Å². The molecule has 0 radical (unpaired) electrons. The molecule has 1 fully saturated rings. The lowest BCUT2D eigenvalue weighted by atomic mass is 10.0. The Bertz CT molecular complexity index is 819. The van der Waals surface area contributed by atoms with Gasteiger partial charge in [0.2, 0.25) is 0 Å². The molecule has 3 heteroatoms. The fourth-order valence-corrected chi connectivity index (χ4v) is 4.07. The van der Waals surface area contributed by atoms with Crippen molar-refractivity contribution in [2.45, 2.75) is 10.9 Å². The molecule has 112 valence electrons. The van der Waals surface area contributed by atoms with Crippen molar-refractivity contribution in [3.63, 3.8) is 0 Å². The molecule has 0 unspecified atom stereocenters. The highest BCUT2D eigenvalue weighted by molar-refractivity contribution is 8.06. The van der Waals surface area contributed by atoms with Gasteiger partial charge in [-0.2, -0.15) is 0 Å². The molecule has 2 nitrogen and oxygen atoms in total. The molecule has 0 atom stereocenters. The van der Waals surface area contributed by atoms with E-state index in [1.54, 1.807) is 0 Å². The van der Waals surface area contributed by atoms with Gasteiger partial charge < -0.3 is 9.80 Å². The van der Waals surface area contributed by atoms with Crippen LogP contribution in [-0.2, 0) is 0 Å². The van der Waals surface area contributed by atoms with Crippen molar-refractivity contribution in [1.82, 2.24) is 9.80 Å². The minimum absolute atomic E-state index is 0.659. The summed E-state index contributed by atoms with van der Waals surface area (Å²) >= 11 is 1.83. The maximum Gasteiger partial charge on any atom is 0.0532 e. The summed E-state index contributed by atoms with van der Waals surface area (Å²) in [5, 5.41) is 4.97. The average molecular weight is 308 g/mol. The lowest BCUT2D eigenvalue weighted by Gasteiger charge is -2.45. The van der Waals surface area contributed by atoms with Crippen LogP contribution in [-0.4, -0.2) is 43.0 Å². The van der Waals surface area contributed by atoms with E-state index in [4.69, 9.17) is 0 Å². The molecule has 2 aliphatic rings. The molecule has 0 amide bonds. The zero-order valence-electron chi connectivity index (χ0n) is 13.0. The first-order valence-electron chi connectivity index (χ1n) is 7.71. The molecular weight excluding hydrogens is 288 g/mol. The van der Waals surface area contributed by atoms with Gasteiger partial charge in [0.15, 0.2) is 0 Å². The highest BCUT2D eigenvalue weighted by atomic mass is 32.2. The Morgan fingerprint density at radius 3 is 2.55 bits per heavy atom. The maximum atomic E-state index is 2.53. The topological polar surface area (TPSA) is 6.48 Å². The monoisotopic (exact) mass is 308 g/mol. The number of likely N-dealkylation sites (tertiary alicyclic amines) is 1. The van der Waals surface area contributed by atoms with Gasteiger partial charge in [0.25, 0.3) is 0 Å². The summed E-state index contributed by atoms with van der Waals surface area (Å²) in [6.07, 6.45) is 0. The standard InChI is InChI=1S/C19H20N2S/c1-20(2)15-11-21(12-15)19-16-8-4-3-7-14(16)13-22-18-10-6-5-9-17(18)19/h3-10,13,15H,11-12H2,1-2H3. The van der Waals surface area contributed by atoms with Crippen molar-refractivity contribution in [3.05, 3.63) is 64.5 Å². The second kappa shape index (κ2) is 5.49. The van der Waals surface area contributed by atoms with E-state index in [9.17, 15) is 0 Å². The summed E-state index contributed by atoms with van der Waals surface area (Å²) < 4.78 is 0. The third-order valence-corrected chi connectivity index (χ3v) is 5.56. The Morgan fingerprint density at radius 2 is 1.73 bits per heavy atom. The molecule has 0 saturated carbocycles. The van der Waals surface area contributed by atoms with Crippen molar-refractivity contribution in [2.24, 2.45) is 0 Å². The van der Waals surface area contributed by atoms with Gasteiger partial charge in [0.1, 0.15) is 0 Å². The summed E-state index contributed by atoms with van der Waals surface area (Å²) in [5.74, 6) is 0. The number of likely N-dealkylation sites (N-methyl/N-ethyl adjacent to an activating group) is 1. The lowest BCUT2D eigenvalue weighted by molar-refractivity contribution is 0.114. The molecule has 22 heavy (non-hydrogen) atoms. The van der Waals surface area contributed by atoms with E-state index >= 15 is 0 Å². The van der Waals surface area contributed by atoms with Crippen molar-refractivity contribution < 1.29 is 0 Å². The molecule has 4 rings (SSSR count). The Labute approximate surface area is 135 Å². The van der Waals surface area contributed by atoms with Crippen molar-refractivity contribution in [2.75, 3.05) is 27.2 Å². The van der Waals surface area contributed by atoms with Gasteiger partial charge in [-0.15, -0.1) is 0 Å². The van der Waals surface area contributed by atoms with Crippen LogP contribution in [0.3, 0.4) is 0 Å². The fourth-order valence-electron chi connectivity index (χ4n) is 3.16. The highest BCUT2D eigenvalue weighted by Gasteiger charge is 2.31. The molecule has 2 aliphatic heterocycles. The predicted octanol–water partition coefficient (Wildman–Crippen LogP) is 1.93. The van der Waals surface area contributed by atoms with E-state index in [1.807, 2.05) is 11.8 Å². The van der Waals surface area contributed by atoms with Crippen molar-refractivity contribution in [3.8, 4) is 0 Å². The van der Waals surface area contributed by atoms with Crippen LogP contribution in [0.15, 0.2) is 53.4 Å². The molecule has 0 N–H and O–H groups in total. The number of rotatable bonds is 2. The van der Waals surface area contributed by atoms with Gasteiger partial charge in [-0.1, -0.05) is 54.2 Å². The van der Waals surface area contributed by atoms with Crippen LogP contribution in [0.5, 0.6) is 0 Å². The van der Waals surface area contributed by atoms with Crippen molar-refractivity contribution >= 4 is 22.9 Å². The largest absolute Gasteiger partial charge is 0.367 e. The molecular formula is C19H20N2S. The molecule has 2 aromatic rings. The zero-order valence-corrected chi connectivity index (χ0v) is 13.8. The number of fused-ring (bicyclic) bond motifs is 2. The van der Waals surface area contributed by atoms with Crippen LogP contribution in [0.25, 0.3) is 11.1 Å². The molecule has 0 spiro atoms. The SMILES string of the molecule is CN(C)C1CN(C2=c3ccccc3=CSc3ccccc32)C1. The van der Waals surface area contributed by atoms with E-state index in [0.29, 0.717) is 6.04 Å². The summed E-state index contributed by atoms with van der Waals surface area (Å²) in [4.78, 5) is 6.20. The number of benzene rings is 2. The fraction of sp³-hybridized carbons (Fsp3) is 0.263. The van der Waals surface area contributed by atoms with E-state index in [1.165, 1.54) is 26.6 Å². The first-order valence-corrected chi connectivity index (χ1v) is 8.59. The first-order chi connectivity index (χ1) is 10.7. The van der Waals surface area contributed by atoms with Crippen LogP contribution >= 0.6 is 11.8 Å². The smallest absolute Gasteiger partial charge is 0.0532 e. The molecule has 1 saturated heterocycles. The van der Waals surface area contributed by atoms with Gasteiger partial charge in [0.05, 0.1) is 5.70 Å². The Morgan fingerprint density at radius 1 is 1.00 bits per heavy atom. The van der Waals surface area contributed by atoms with Gasteiger partial charge in [-0.3, -0.25) is 0 Å². The Kier molecular flexibility index (Phi) is 3.47. The quantitative estimate of drug-likeness (QED) is 0.837. The highest BCUT2D eigenvalue weighted by Crippen LogP contribution is 2.33. The first kappa shape index (κ1) is 13.9. The third-order valence-electron chi connectivity index (χ3n) is 4.58. The summed E-state index contributed by atoms with van der Waals surface area (Å²) in [6, 6.07) is 18.2. The molecule has 0 aliphatic carbocycles. The summed E-state index contributed by atoms with van der Waals surface area (Å²) in [5.41, 5.74) is 2.76. The normalized spacial score (nSPS) is 17.4. The van der Waals surface area contributed by atoms with Gasteiger partial charge >= 0.3 is 0 Å². The lowest BCUT2D eigenvalue weighted by Crippen LogP contribution is -2.57. The summed E-state index contributed by atoms with van der Waals surface area (Å²) in [6.45, 7) is 2.21. The molecule has 0 aromatic heterocycles. The van der Waals surface area contributed by atoms with Crippen LogP contribution < -0.4 is 10.4 Å². The number of thioether (sulfide) groups is 1. The van der Waals surface area contributed by atoms with Crippen LogP contribution in [0.4, 0.5) is 0 Å². The van der Waals surface area contributed by atoms with Crippen LogP contribution in [0.1, 0.15) is 5.56 Å². The van der Waals surface area contributed by atoms with E-state index in [0.717, 1.165) is 13.1 Å². The third kappa shape index (κ3) is 2.25. The van der Waals surface area contributed by atoms with Gasteiger partial charge in [-0.05, 0) is 30.8 Å². The molecule has 0 bridgehead atoms. The molecule has 2 aromatic carbocycles. The predicted molar refractivity (Wildman–Crippen MR) is 94.0 cm³/mol. The number of nitrogens with zero attached hydrogens (tertiary/aromatic N) is 2. The zero-order chi connectivity index (χ0) is 15.1. The molecule has 2 heterocycles. The maximum absolute atomic E-state index is 2.53. The van der Waals surface area contributed by atoms with Gasteiger partial charge in [0, 0.05) is 34.8 Å². The minimum Gasteiger partial charge on any atom is -0.367 e. The van der Waals surface area contributed by atoms with E-state index < -0.39 is 0 Å². The number of hydrogen-bond donors (Lipinski definition) is 0. The number of hydrogen-bond acceptors (Lipinski definition) is 3. The minimum atomic E-state index is 0.659. The Hall–Kier alpha value is -1.71. The second-order valence-electron chi connectivity index (χ2n) is 6.19. The second-order valence-corrected chi connectivity index (χ2v) is 7.10. The average Bonchev–Trinajstić information content (AvgIpc) is 2.64. The Balaban J connectivity index is 1.90. The van der Waals surface area contributed by atoms with Crippen LogP contribution in [0.2, 0.25) is 0 Å². The van der Waals surface area contributed by atoms with Gasteiger partial charge in [-0.25, -0.2) is 0 Å². The van der Waals surface area contributed by atoms with E-state index in [-0.39, 0.29) is 0 Å². The van der Waals surface area contributed by atoms with Crippen LogP contribution in [0, 0.1) is 0 Å².